The third kappa shape index (κ3) is 6.04. The molecule has 0 bridgehead atoms. The molecular formula is C30H18BF5O5. The highest BCUT2D eigenvalue weighted by atomic mass is 19.2. The predicted octanol–water partition coefficient (Wildman–Crippen LogP) is 7.65. The van der Waals surface area contributed by atoms with E-state index in [-0.39, 0.29) is 23.0 Å². The summed E-state index contributed by atoms with van der Waals surface area (Å²) in [7, 11) is -1.98. The van der Waals surface area contributed by atoms with E-state index in [2.05, 4.69) is 0 Å². The van der Waals surface area contributed by atoms with Gasteiger partial charge >= 0.3 is 7.32 Å². The Labute approximate surface area is 230 Å². The molecule has 41 heavy (non-hydrogen) atoms. The monoisotopic (exact) mass is 564 g/mol. The third-order valence-corrected chi connectivity index (χ3v) is 5.96. The maximum Gasteiger partial charge on any atom is 0.864 e. The van der Waals surface area contributed by atoms with Gasteiger partial charge in [0.1, 0.15) is 23.0 Å². The van der Waals surface area contributed by atoms with Crippen molar-refractivity contribution < 1.29 is 46.1 Å². The zero-order valence-corrected chi connectivity index (χ0v) is 20.8. The van der Waals surface area contributed by atoms with Crippen LogP contribution in [0.3, 0.4) is 0 Å². The first-order chi connectivity index (χ1) is 19.7. The minimum absolute atomic E-state index is 0.0853. The molecule has 5 rings (SSSR count). The van der Waals surface area contributed by atoms with Crippen LogP contribution >= 0.6 is 0 Å². The molecule has 0 unspecified atom stereocenters. The van der Waals surface area contributed by atoms with Crippen molar-refractivity contribution in [2.75, 3.05) is 0 Å². The average molecular weight is 564 g/mol. The van der Waals surface area contributed by atoms with E-state index in [4.69, 9.17) is 14.0 Å². The van der Waals surface area contributed by atoms with Crippen molar-refractivity contribution in [2.24, 2.45) is 0 Å². The lowest BCUT2D eigenvalue weighted by molar-refractivity contribution is 0.278. The van der Waals surface area contributed by atoms with Crippen LogP contribution in [0.4, 0.5) is 22.0 Å². The largest absolute Gasteiger partial charge is 0.864 e. The standard InChI is InChI=1S/C30H18BF5O5/c32-25-26(33)28(35)30(29(36)27(25)34)41-31(39-23-13-5-19(6-14-23)17-1-9-21(37)10-2-17)40-24-15-7-20(8-16-24)18-3-11-22(38)12-4-18/h1-16,37-38H. The van der Waals surface area contributed by atoms with Crippen molar-refractivity contribution in [3.8, 4) is 51.0 Å². The molecule has 0 atom stereocenters. The molecule has 206 valence electrons. The lowest BCUT2D eigenvalue weighted by Crippen LogP contribution is -2.37. The third-order valence-electron chi connectivity index (χ3n) is 5.96. The maximum atomic E-state index is 14.4. The number of aromatic hydroxyl groups is 2. The van der Waals surface area contributed by atoms with Gasteiger partial charge in [0.15, 0.2) is 5.75 Å². The highest BCUT2D eigenvalue weighted by molar-refractivity contribution is 6.39. The van der Waals surface area contributed by atoms with E-state index in [9.17, 15) is 32.2 Å². The van der Waals surface area contributed by atoms with Gasteiger partial charge in [-0.3, -0.25) is 0 Å². The van der Waals surface area contributed by atoms with Crippen LogP contribution in [0.5, 0.6) is 28.7 Å². The van der Waals surface area contributed by atoms with E-state index in [0.29, 0.717) is 0 Å². The van der Waals surface area contributed by atoms with Crippen molar-refractivity contribution in [3.63, 3.8) is 0 Å². The Morgan fingerprint density at radius 3 is 1.02 bits per heavy atom. The average Bonchev–Trinajstić information content (AvgIpc) is 2.99. The highest BCUT2D eigenvalue weighted by Gasteiger charge is 2.36. The van der Waals surface area contributed by atoms with E-state index < -0.39 is 42.2 Å². The molecule has 0 fully saturated rings. The van der Waals surface area contributed by atoms with Crippen LogP contribution in [0.15, 0.2) is 97.1 Å². The Kier molecular flexibility index (Phi) is 7.69. The first kappa shape index (κ1) is 27.4. The number of hydrogen-bond donors (Lipinski definition) is 2. The van der Waals surface area contributed by atoms with Gasteiger partial charge in [0.25, 0.3) is 0 Å². The molecule has 0 aliphatic carbocycles. The highest BCUT2D eigenvalue weighted by Crippen LogP contribution is 2.31. The Balaban J connectivity index is 1.42. The van der Waals surface area contributed by atoms with Crippen LogP contribution in [0, 0.1) is 29.1 Å². The van der Waals surface area contributed by atoms with E-state index in [0.717, 1.165) is 22.3 Å². The quantitative estimate of drug-likeness (QED) is 0.0878. The fraction of sp³-hybridized carbons (Fsp3) is 0. The summed E-state index contributed by atoms with van der Waals surface area (Å²) in [5, 5.41) is 19.0. The van der Waals surface area contributed by atoms with Gasteiger partial charge in [-0.2, -0.15) is 8.78 Å². The Morgan fingerprint density at radius 2 is 0.683 bits per heavy atom. The maximum absolute atomic E-state index is 14.4. The SMILES string of the molecule is Oc1ccc(-c2ccc(OB(Oc3ccc(-c4ccc(O)cc4)cc3)Oc3c(F)c(F)c(F)c(F)c3F)cc2)cc1. The van der Waals surface area contributed by atoms with Gasteiger partial charge < -0.3 is 24.2 Å². The van der Waals surface area contributed by atoms with E-state index in [1.807, 2.05) is 0 Å². The second-order valence-electron chi connectivity index (χ2n) is 8.68. The second kappa shape index (κ2) is 11.5. The summed E-state index contributed by atoms with van der Waals surface area (Å²) in [6.07, 6.45) is 0. The molecule has 0 saturated heterocycles. The van der Waals surface area contributed by atoms with Gasteiger partial charge in [-0.05, 0) is 70.8 Å². The van der Waals surface area contributed by atoms with E-state index in [1.165, 1.54) is 48.5 Å². The summed E-state index contributed by atoms with van der Waals surface area (Å²) in [5.74, 6) is -12.3. The minimum atomic E-state index is -2.33. The lowest BCUT2D eigenvalue weighted by atomic mass is 10.0. The Hall–Kier alpha value is -5.19. The normalized spacial score (nSPS) is 10.8. The Bertz CT molecular complexity index is 1540. The van der Waals surface area contributed by atoms with Crippen LogP contribution in [-0.4, -0.2) is 17.5 Å². The molecular weight excluding hydrogens is 546 g/mol. The van der Waals surface area contributed by atoms with E-state index in [1.54, 1.807) is 48.5 Å². The molecule has 0 saturated carbocycles. The topological polar surface area (TPSA) is 68.2 Å². The van der Waals surface area contributed by atoms with Gasteiger partial charge in [0.2, 0.25) is 29.1 Å². The molecule has 5 nitrogen and oxygen atoms in total. The molecule has 2 N–H and O–H groups in total. The molecule has 0 aromatic heterocycles. The van der Waals surface area contributed by atoms with Crippen molar-refractivity contribution >= 4 is 7.32 Å². The number of rotatable bonds is 8. The van der Waals surface area contributed by atoms with Crippen molar-refractivity contribution in [2.45, 2.75) is 0 Å². The van der Waals surface area contributed by atoms with Gasteiger partial charge in [-0.1, -0.05) is 48.5 Å². The second-order valence-corrected chi connectivity index (χ2v) is 8.68. The predicted molar refractivity (Wildman–Crippen MR) is 141 cm³/mol. The molecule has 0 amide bonds. The number of phenols is 2. The van der Waals surface area contributed by atoms with Gasteiger partial charge in [0, 0.05) is 0 Å². The molecule has 0 spiro atoms. The zero-order valence-electron chi connectivity index (χ0n) is 20.8. The van der Waals surface area contributed by atoms with Crippen LogP contribution in [0.2, 0.25) is 0 Å². The van der Waals surface area contributed by atoms with Crippen LogP contribution in [0.25, 0.3) is 22.3 Å². The summed E-state index contributed by atoms with van der Waals surface area (Å²) in [5.41, 5.74) is 3.02. The van der Waals surface area contributed by atoms with Crippen molar-refractivity contribution in [1.29, 1.82) is 0 Å². The van der Waals surface area contributed by atoms with Crippen LogP contribution < -0.4 is 14.0 Å². The summed E-state index contributed by atoms with van der Waals surface area (Å²) >= 11 is 0. The molecule has 0 aliphatic heterocycles. The van der Waals surface area contributed by atoms with Gasteiger partial charge in [-0.15, -0.1) is 0 Å². The number of phenolic OH excluding ortho intramolecular Hbond substituents is 2. The van der Waals surface area contributed by atoms with E-state index >= 15 is 0 Å². The first-order valence-electron chi connectivity index (χ1n) is 12.0. The lowest BCUT2D eigenvalue weighted by Gasteiger charge is -2.18. The summed E-state index contributed by atoms with van der Waals surface area (Å²) in [6, 6.07) is 25.3. The summed E-state index contributed by atoms with van der Waals surface area (Å²) < 4.78 is 86.2. The fourth-order valence-electron chi connectivity index (χ4n) is 3.84. The van der Waals surface area contributed by atoms with Crippen LogP contribution in [0.1, 0.15) is 0 Å². The summed E-state index contributed by atoms with van der Waals surface area (Å²) in [6.45, 7) is 0. The summed E-state index contributed by atoms with van der Waals surface area (Å²) in [4.78, 5) is 0. The number of benzene rings is 5. The molecule has 0 heterocycles. The van der Waals surface area contributed by atoms with Gasteiger partial charge in [-0.25, -0.2) is 13.2 Å². The van der Waals surface area contributed by atoms with Crippen molar-refractivity contribution in [1.82, 2.24) is 0 Å². The zero-order chi connectivity index (χ0) is 29.1. The molecule has 0 aliphatic rings. The Morgan fingerprint density at radius 1 is 0.390 bits per heavy atom. The molecule has 5 aromatic rings. The fourth-order valence-corrected chi connectivity index (χ4v) is 3.84. The van der Waals surface area contributed by atoms with Crippen molar-refractivity contribution in [3.05, 3.63) is 126 Å². The smallest absolute Gasteiger partial charge is 0.508 e. The number of halogens is 5. The molecule has 5 aromatic carbocycles. The van der Waals surface area contributed by atoms with Gasteiger partial charge in [0.05, 0.1) is 0 Å². The van der Waals surface area contributed by atoms with Crippen LogP contribution in [-0.2, 0) is 0 Å². The number of hydrogen-bond acceptors (Lipinski definition) is 5. The first-order valence-corrected chi connectivity index (χ1v) is 12.0. The molecule has 11 heteroatoms. The molecule has 0 radical (unpaired) electrons. The minimum Gasteiger partial charge on any atom is -0.508 e.